The van der Waals surface area contributed by atoms with Gasteiger partial charge in [0, 0.05) is 41.5 Å². The quantitative estimate of drug-likeness (QED) is 0.609. The molecule has 0 bridgehead atoms. The Bertz CT molecular complexity index is 923. The molecule has 2 heterocycles. The highest BCUT2D eigenvalue weighted by atomic mass is 35.5. The van der Waals surface area contributed by atoms with Gasteiger partial charge in [0.1, 0.15) is 18.1 Å². The first-order chi connectivity index (χ1) is 12.7. The van der Waals surface area contributed by atoms with Crippen molar-refractivity contribution in [1.82, 2.24) is 4.98 Å². The molecule has 142 valence electrons. The van der Waals surface area contributed by atoms with Gasteiger partial charge >= 0.3 is 0 Å². The van der Waals surface area contributed by atoms with Gasteiger partial charge in [-0.25, -0.2) is 0 Å². The molecule has 0 aliphatic carbocycles. The molecule has 27 heavy (non-hydrogen) atoms. The lowest BCUT2D eigenvalue weighted by molar-refractivity contribution is 0.297. The van der Waals surface area contributed by atoms with E-state index < -0.39 is 0 Å². The second-order valence-corrected chi connectivity index (χ2v) is 6.76. The number of nitrogens with zero attached hydrogens (tertiary/aromatic N) is 2. The van der Waals surface area contributed by atoms with E-state index in [0.29, 0.717) is 6.61 Å². The molecule has 1 aliphatic rings. The third kappa shape index (κ3) is 4.11. The number of ether oxygens (including phenoxy) is 2. The first-order valence-electron chi connectivity index (χ1n) is 9.15. The van der Waals surface area contributed by atoms with Gasteiger partial charge in [-0.3, -0.25) is 4.98 Å². The maximum absolute atomic E-state index is 6.01. The molecule has 3 aromatic rings. The van der Waals surface area contributed by atoms with E-state index in [-0.39, 0.29) is 12.4 Å². The maximum Gasteiger partial charge on any atom is 0.125 e. The van der Waals surface area contributed by atoms with Crippen LogP contribution in [0, 0.1) is 6.92 Å². The molecule has 0 atom stereocenters. The molecule has 1 fully saturated rings. The molecule has 2 aromatic carbocycles. The average Bonchev–Trinajstić information content (AvgIpc) is 3.20. The van der Waals surface area contributed by atoms with Gasteiger partial charge in [0.05, 0.1) is 12.6 Å². The van der Waals surface area contributed by atoms with E-state index in [2.05, 4.69) is 24.0 Å². The van der Waals surface area contributed by atoms with Gasteiger partial charge in [-0.15, -0.1) is 12.4 Å². The number of methoxy groups -OCH3 is 1. The van der Waals surface area contributed by atoms with E-state index in [1.54, 1.807) is 7.11 Å². The lowest BCUT2D eigenvalue weighted by Crippen LogP contribution is -2.18. The van der Waals surface area contributed by atoms with E-state index in [4.69, 9.17) is 14.5 Å². The van der Waals surface area contributed by atoms with Gasteiger partial charge in [-0.05, 0) is 44.0 Å². The molecule has 1 aliphatic heterocycles. The minimum atomic E-state index is 0. The number of hydrogen-bond acceptors (Lipinski definition) is 4. The highest BCUT2D eigenvalue weighted by Gasteiger charge is 2.16. The highest BCUT2D eigenvalue weighted by Crippen LogP contribution is 2.32. The van der Waals surface area contributed by atoms with Crippen molar-refractivity contribution in [2.75, 3.05) is 25.1 Å². The van der Waals surface area contributed by atoms with E-state index in [9.17, 15) is 0 Å². The monoisotopic (exact) mass is 384 g/mol. The molecule has 0 unspecified atom stereocenters. The number of halogens is 1. The van der Waals surface area contributed by atoms with E-state index >= 15 is 0 Å². The Morgan fingerprint density at radius 2 is 1.81 bits per heavy atom. The molecule has 0 spiro atoms. The number of pyridine rings is 1. The number of para-hydroxylation sites is 1. The van der Waals surface area contributed by atoms with Gasteiger partial charge in [-0.1, -0.05) is 18.2 Å². The molecule has 0 amide bonds. The van der Waals surface area contributed by atoms with E-state index in [0.717, 1.165) is 41.4 Å². The average molecular weight is 385 g/mol. The normalized spacial score (nSPS) is 13.5. The Labute approximate surface area is 166 Å². The number of aryl methyl sites for hydroxylation is 1. The number of hydrogen-bond donors (Lipinski definition) is 0. The van der Waals surface area contributed by atoms with E-state index in [1.807, 2.05) is 36.4 Å². The smallest absolute Gasteiger partial charge is 0.125 e. The summed E-state index contributed by atoms with van der Waals surface area (Å²) in [4.78, 5) is 7.19. The van der Waals surface area contributed by atoms with Crippen LogP contribution in [0.4, 0.5) is 5.69 Å². The molecule has 1 saturated heterocycles. The topological polar surface area (TPSA) is 34.6 Å². The van der Waals surface area contributed by atoms with Crippen LogP contribution >= 0.6 is 12.4 Å². The number of anilines is 1. The molecule has 0 saturated carbocycles. The van der Waals surface area contributed by atoms with Gasteiger partial charge in [-0.2, -0.15) is 0 Å². The largest absolute Gasteiger partial charge is 0.496 e. The molecule has 1 aromatic heterocycles. The van der Waals surface area contributed by atoms with Gasteiger partial charge < -0.3 is 14.4 Å². The Kier molecular flexibility index (Phi) is 6.07. The van der Waals surface area contributed by atoms with Gasteiger partial charge in [0.2, 0.25) is 0 Å². The van der Waals surface area contributed by atoms with Crippen molar-refractivity contribution in [2.24, 2.45) is 0 Å². The Morgan fingerprint density at radius 1 is 1.04 bits per heavy atom. The Hall–Kier alpha value is -2.46. The molecular formula is C22H25ClN2O2. The summed E-state index contributed by atoms with van der Waals surface area (Å²) < 4.78 is 11.4. The zero-order chi connectivity index (χ0) is 17.9. The third-order valence-corrected chi connectivity index (χ3v) is 4.92. The number of aromatic nitrogens is 1. The molecule has 0 radical (unpaired) electrons. The Morgan fingerprint density at radius 3 is 2.59 bits per heavy atom. The van der Waals surface area contributed by atoms with Crippen LogP contribution in [0.15, 0.2) is 48.5 Å². The van der Waals surface area contributed by atoms with Crippen molar-refractivity contribution in [3.63, 3.8) is 0 Å². The first-order valence-corrected chi connectivity index (χ1v) is 9.15. The maximum atomic E-state index is 6.01. The number of fused-ring (bicyclic) bond motifs is 1. The summed E-state index contributed by atoms with van der Waals surface area (Å²) in [5.41, 5.74) is 4.36. The fraction of sp³-hybridized carbons (Fsp3) is 0.318. The van der Waals surface area contributed by atoms with Crippen LogP contribution in [0.1, 0.15) is 24.1 Å². The van der Waals surface area contributed by atoms with Crippen molar-refractivity contribution in [3.8, 4) is 11.5 Å². The van der Waals surface area contributed by atoms with Crippen molar-refractivity contribution >= 4 is 29.0 Å². The zero-order valence-corrected chi connectivity index (χ0v) is 16.6. The fourth-order valence-electron chi connectivity index (χ4n) is 3.61. The fourth-order valence-corrected chi connectivity index (χ4v) is 3.61. The highest BCUT2D eigenvalue weighted by molar-refractivity contribution is 5.93. The third-order valence-electron chi connectivity index (χ3n) is 4.92. The lowest BCUT2D eigenvalue weighted by Gasteiger charge is -2.20. The minimum absolute atomic E-state index is 0. The van der Waals surface area contributed by atoms with Crippen LogP contribution in [-0.2, 0) is 6.61 Å². The summed E-state index contributed by atoms with van der Waals surface area (Å²) in [6.45, 7) is 4.79. The van der Waals surface area contributed by atoms with Crippen LogP contribution in [0.3, 0.4) is 0 Å². The van der Waals surface area contributed by atoms with Crippen LogP contribution in [0.5, 0.6) is 11.5 Å². The first kappa shape index (κ1) is 19.3. The summed E-state index contributed by atoms with van der Waals surface area (Å²) in [5, 5.41) is 1.20. The summed E-state index contributed by atoms with van der Waals surface area (Å²) in [6, 6.07) is 16.3. The van der Waals surface area contributed by atoms with Crippen LogP contribution in [0.2, 0.25) is 0 Å². The molecule has 5 heteroatoms. The van der Waals surface area contributed by atoms with Crippen molar-refractivity contribution < 1.29 is 9.47 Å². The molecular weight excluding hydrogens is 360 g/mol. The number of benzene rings is 2. The summed E-state index contributed by atoms with van der Waals surface area (Å²) in [7, 11) is 1.68. The SMILES string of the molecule is COc1ccccc1COc1ccc2c(N3CCCC3)cc(C)nc2c1.Cl. The van der Waals surface area contributed by atoms with Crippen molar-refractivity contribution in [1.29, 1.82) is 0 Å². The second kappa shape index (κ2) is 8.49. The van der Waals surface area contributed by atoms with Gasteiger partial charge in [0.15, 0.2) is 0 Å². The summed E-state index contributed by atoms with van der Waals surface area (Å²) in [6.07, 6.45) is 2.53. The standard InChI is InChI=1S/C22H24N2O2.ClH/c1-16-13-21(24-11-5-6-12-24)19-10-9-18(14-20(19)23-16)26-15-17-7-3-4-8-22(17)25-2;/h3-4,7-10,13-14H,5-6,11-12,15H2,1-2H3;1H. The minimum Gasteiger partial charge on any atom is -0.496 e. The second-order valence-electron chi connectivity index (χ2n) is 6.76. The molecule has 4 nitrogen and oxygen atoms in total. The van der Waals surface area contributed by atoms with Crippen molar-refractivity contribution in [3.05, 3.63) is 59.8 Å². The van der Waals surface area contributed by atoms with E-state index in [1.165, 1.54) is 23.9 Å². The summed E-state index contributed by atoms with van der Waals surface area (Å²) in [5.74, 6) is 1.67. The van der Waals surface area contributed by atoms with Crippen LogP contribution in [-0.4, -0.2) is 25.2 Å². The van der Waals surface area contributed by atoms with Crippen LogP contribution < -0.4 is 14.4 Å². The number of rotatable bonds is 5. The van der Waals surface area contributed by atoms with Gasteiger partial charge in [0.25, 0.3) is 0 Å². The molecule has 4 rings (SSSR count). The van der Waals surface area contributed by atoms with Crippen molar-refractivity contribution in [2.45, 2.75) is 26.4 Å². The Balaban J connectivity index is 0.00000210. The predicted octanol–water partition coefficient (Wildman–Crippen LogP) is 5.15. The molecule has 0 N–H and O–H groups in total. The summed E-state index contributed by atoms with van der Waals surface area (Å²) >= 11 is 0. The zero-order valence-electron chi connectivity index (χ0n) is 15.8. The van der Waals surface area contributed by atoms with Crippen LogP contribution in [0.25, 0.3) is 10.9 Å². The predicted molar refractivity (Wildman–Crippen MR) is 113 cm³/mol. The lowest BCUT2D eigenvalue weighted by atomic mass is 10.1.